The quantitative estimate of drug-likeness (QED) is 0.315. The van der Waals surface area contributed by atoms with E-state index in [2.05, 4.69) is 11.6 Å². The summed E-state index contributed by atoms with van der Waals surface area (Å²) < 4.78 is 18.7. The Morgan fingerprint density at radius 1 is 1.18 bits per heavy atom. The summed E-state index contributed by atoms with van der Waals surface area (Å²) in [5.41, 5.74) is 1.32. The molecule has 0 spiro atoms. The van der Waals surface area contributed by atoms with Gasteiger partial charge in [0.05, 0.1) is 35.1 Å². The second-order valence-electron chi connectivity index (χ2n) is 8.24. The molecule has 4 rings (SSSR count). The van der Waals surface area contributed by atoms with Crippen molar-refractivity contribution in [2.24, 2.45) is 4.99 Å². The molecule has 8 nitrogen and oxygen atoms in total. The molecule has 1 atom stereocenters. The van der Waals surface area contributed by atoms with Gasteiger partial charge in [0.2, 0.25) is 0 Å². The number of rotatable bonds is 9. The maximum atomic E-state index is 13.8. The molecule has 3 aromatic rings. The highest BCUT2D eigenvalue weighted by atomic mass is 35.5. The minimum absolute atomic E-state index is 0.0170. The standard InChI is InChI=1S/C28H27ClN2O6S/c1-5-12-37-21-11-8-17(14-22(21)35-6-2)25-24(27(34)36-7-3)16(4)30-28-31(25)26(33)23(38-28)15-18-13-19(29)9-10-20(18)32/h5,8-11,13-15,25,32H,1,6-7,12H2,2-4H3/t25-/m1/s1. The van der Waals surface area contributed by atoms with Gasteiger partial charge in [-0.15, -0.1) is 0 Å². The number of hydrogen-bond donors (Lipinski definition) is 1. The van der Waals surface area contributed by atoms with E-state index in [0.717, 1.165) is 11.3 Å². The van der Waals surface area contributed by atoms with Crippen molar-refractivity contribution >= 4 is 35.0 Å². The van der Waals surface area contributed by atoms with Crippen molar-refractivity contribution in [1.29, 1.82) is 0 Å². The molecule has 0 saturated carbocycles. The zero-order valence-electron chi connectivity index (χ0n) is 21.2. The summed E-state index contributed by atoms with van der Waals surface area (Å²) in [7, 11) is 0. The molecule has 2 aromatic carbocycles. The van der Waals surface area contributed by atoms with Crippen molar-refractivity contribution in [3.63, 3.8) is 0 Å². The normalized spacial score (nSPS) is 15.1. The Balaban J connectivity index is 1.96. The van der Waals surface area contributed by atoms with Crippen molar-refractivity contribution in [2.75, 3.05) is 19.8 Å². The Morgan fingerprint density at radius 3 is 2.68 bits per heavy atom. The van der Waals surface area contributed by atoms with Gasteiger partial charge in [0.25, 0.3) is 5.56 Å². The van der Waals surface area contributed by atoms with Crippen LogP contribution in [0.15, 0.2) is 70.1 Å². The lowest BCUT2D eigenvalue weighted by Crippen LogP contribution is -2.40. The fourth-order valence-electron chi connectivity index (χ4n) is 4.12. The van der Waals surface area contributed by atoms with E-state index in [1.807, 2.05) is 6.92 Å². The van der Waals surface area contributed by atoms with Crippen LogP contribution in [-0.4, -0.2) is 35.5 Å². The molecule has 1 aliphatic heterocycles. The highest BCUT2D eigenvalue weighted by Gasteiger charge is 2.34. The molecule has 0 aliphatic carbocycles. The lowest BCUT2D eigenvalue weighted by molar-refractivity contribution is -0.139. The first-order valence-corrected chi connectivity index (χ1v) is 13.2. The lowest BCUT2D eigenvalue weighted by Gasteiger charge is -2.25. The Labute approximate surface area is 228 Å². The SMILES string of the molecule is C=CCOc1ccc([C@@H]2C(C(=O)OCC)=C(C)N=c3sc(=Cc4cc(Cl)ccc4O)c(=O)n32)cc1OCC. The lowest BCUT2D eigenvalue weighted by atomic mass is 9.95. The van der Waals surface area contributed by atoms with Crippen LogP contribution in [0, 0.1) is 0 Å². The number of esters is 1. The number of hydrogen-bond acceptors (Lipinski definition) is 8. The van der Waals surface area contributed by atoms with Crippen LogP contribution in [0.5, 0.6) is 17.2 Å². The zero-order chi connectivity index (χ0) is 27.4. The maximum absolute atomic E-state index is 13.8. The molecule has 0 fully saturated rings. The minimum atomic E-state index is -0.826. The molecule has 0 radical (unpaired) electrons. The fraction of sp³-hybridized carbons (Fsp3) is 0.250. The molecule has 198 valence electrons. The molecule has 10 heteroatoms. The molecule has 1 aliphatic rings. The summed E-state index contributed by atoms with van der Waals surface area (Å²) in [6, 6.07) is 9.03. The summed E-state index contributed by atoms with van der Waals surface area (Å²) in [6.45, 7) is 9.81. The van der Waals surface area contributed by atoms with Gasteiger partial charge >= 0.3 is 5.97 Å². The first-order valence-electron chi connectivity index (χ1n) is 12.0. The van der Waals surface area contributed by atoms with E-state index in [1.165, 1.54) is 10.6 Å². The van der Waals surface area contributed by atoms with Crippen LogP contribution in [0.2, 0.25) is 5.02 Å². The first-order chi connectivity index (χ1) is 18.3. The van der Waals surface area contributed by atoms with E-state index >= 15 is 0 Å². The van der Waals surface area contributed by atoms with Gasteiger partial charge in [0.1, 0.15) is 12.4 Å². The molecule has 0 saturated heterocycles. The second kappa shape index (κ2) is 11.7. The number of thiazole rings is 1. The van der Waals surface area contributed by atoms with Crippen molar-refractivity contribution in [2.45, 2.75) is 26.8 Å². The number of carbonyl (C=O) groups excluding carboxylic acids is 1. The predicted molar refractivity (Wildman–Crippen MR) is 147 cm³/mol. The summed E-state index contributed by atoms with van der Waals surface area (Å²) in [6.07, 6.45) is 3.19. The molecule has 2 heterocycles. The number of benzene rings is 2. The molecule has 0 unspecified atom stereocenters. The van der Waals surface area contributed by atoms with E-state index in [-0.39, 0.29) is 23.5 Å². The summed E-state index contributed by atoms with van der Waals surface area (Å²) in [5.74, 6) is 0.399. The van der Waals surface area contributed by atoms with Gasteiger partial charge in [-0.3, -0.25) is 9.36 Å². The predicted octanol–water partition coefficient (Wildman–Crippen LogP) is 4.12. The van der Waals surface area contributed by atoms with Crippen LogP contribution in [0.3, 0.4) is 0 Å². The summed E-state index contributed by atoms with van der Waals surface area (Å²) in [4.78, 5) is 31.9. The largest absolute Gasteiger partial charge is 0.507 e. The van der Waals surface area contributed by atoms with Gasteiger partial charge in [0, 0.05) is 10.6 Å². The molecule has 0 amide bonds. The number of phenols is 1. The highest BCUT2D eigenvalue weighted by Crippen LogP contribution is 2.36. The van der Waals surface area contributed by atoms with E-state index in [0.29, 0.717) is 55.9 Å². The number of fused-ring (bicyclic) bond motifs is 1. The molecular formula is C28H27ClN2O6S. The number of carbonyl (C=O) groups is 1. The van der Waals surface area contributed by atoms with Crippen LogP contribution in [0.4, 0.5) is 0 Å². The van der Waals surface area contributed by atoms with Gasteiger partial charge in [-0.1, -0.05) is 41.7 Å². The third-order valence-electron chi connectivity index (χ3n) is 5.73. The maximum Gasteiger partial charge on any atom is 0.338 e. The molecule has 0 bridgehead atoms. The summed E-state index contributed by atoms with van der Waals surface area (Å²) in [5, 5.41) is 10.7. The van der Waals surface area contributed by atoms with Gasteiger partial charge in [0.15, 0.2) is 16.3 Å². The van der Waals surface area contributed by atoms with Crippen molar-refractivity contribution in [3.05, 3.63) is 96.2 Å². The molecule has 1 aromatic heterocycles. The Hall–Kier alpha value is -3.82. The number of ether oxygens (including phenoxy) is 3. The fourth-order valence-corrected chi connectivity index (χ4v) is 5.34. The smallest absolute Gasteiger partial charge is 0.338 e. The Kier molecular flexibility index (Phi) is 8.38. The Bertz CT molecular complexity index is 1600. The van der Waals surface area contributed by atoms with Gasteiger partial charge in [-0.2, -0.15) is 0 Å². The average molecular weight is 555 g/mol. The van der Waals surface area contributed by atoms with E-state index in [9.17, 15) is 14.7 Å². The number of aromatic nitrogens is 1. The number of aromatic hydroxyl groups is 1. The van der Waals surface area contributed by atoms with Crippen molar-refractivity contribution in [1.82, 2.24) is 4.57 Å². The van der Waals surface area contributed by atoms with E-state index in [4.69, 9.17) is 25.8 Å². The second-order valence-corrected chi connectivity index (χ2v) is 9.69. The molecule has 1 N–H and O–H groups in total. The van der Waals surface area contributed by atoms with Crippen LogP contribution in [0.25, 0.3) is 6.08 Å². The van der Waals surface area contributed by atoms with Crippen LogP contribution in [-0.2, 0) is 9.53 Å². The average Bonchev–Trinajstić information content (AvgIpc) is 3.19. The van der Waals surface area contributed by atoms with Gasteiger partial charge in [-0.25, -0.2) is 9.79 Å². The van der Waals surface area contributed by atoms with E-state index in [1.54, 1.807) is 56.3 Å². The number of allylic oxidation sites excluding steroid dienone is 1. The van der Waals surface area contributed by atoms with Crippen LogP contribution >= 0.6 is 22.9 Å². The highest BCUT2D eigenvalue weighted by molar-refractivity contribution is 7.07. The van der Waals surface area contributed by atoms with Gasteiger partial charge in [-0.05, 0) is 62.7 Å². The number of nitrogens with zero attached hydrogens (tertiary/aromatic N) is 2. The monoisotopic (exact) mass is 554 g/mol. The van der Waals surface area contributed by atoms with Crippen molar-refractivity contribution < 1.29 is 24.1 Å². The minimum Gasteiger partial charge on any atom is -0.507 e. The number of halogens is 1. The van der Waals surface area contributed by atoms with E-state index < -0.39 is 12.0 Å². The third-order valence-corrected chi connectivity index (χ3v) is 6.95. The van der Waals surface area contributed by atoms with Gasteiger partial charge < -0.3 is 19.3 Å². The third kappa shape index (κ3) is 5.39. The topological polar surface area (TPSA) is 99.4 Å². The van der Waals surface area contributed by atoms with Crippen LogP contribution in [0.1, 0.15) is 37.9 Å². The Morgan fingerprint density at radius 2 is 1.97 bits per heavy atom. The number of phenolic OH excluding ortho intramolecular Hbond substituents is 1. The van der Waals surface area contributed by atoms with Crippen molar-refractivity contribution in [3.8, 4) is 17.2 Å². The molecular weight excluding hydrogens is 528 g/mol. The van der Waals surface area contributed by atoms with Crippen LogP contribution < -0.4 is 24.4 Å². The molecule has 38 heavy (non-hydrogen) atoms. The zero-order valence-corrected chi connectivity index (χ0v) is 22.8. The first kappa shape index (κ1) is 27.2. The summed E-state index contributed by atoms with van der Waals surface area (Å²) >= 11 is 7.25.